The van der Waals surface area contributed by atoms with Gasteiger partial charge < -0.3 is 0 Å². The SMILES string of the molecule is CCCS(=O)(=O)Nc1cc(F)c(F)c(C(=O)c2ccc3ncc(-c4ccccc4)nc3c2)c1F. The summed E-state index contributed by atoms with van der Waals surface area (Å²) in [7, 11) is -4.01. The minimum absolute atomic E-state index is 0.169. The van der Waals surface area contributed by atoms with Crippen LogP contribution in [-0.2, 0) is 10.0 Å². The molecule has 0 radical (unpaired) electrons. The lowest BCUT2D eigenvalue weighted by Gasteiger charge is -2.12. The Kier molecular flexibility index (Phi) is 6.34. The summed E-state index contributed by atoms with van der Waals surface area (Å²) in [5, 5.41) is 0. The third-order valence-electron chi connectivity index (χ3n) is 5.00. The fraction of sp³-hybridized carbons (Fsp3) is 0.125. The molecule has 0 bridgehead atoms. The quantitative estimate of drug-likeness (QED) is 0.291. The van der Waals surface area contributed by atoms with E-state index in [0.29, 0.717) is 17.3 Å². The fourth-order valence-corrected chi connectivity index (χ4v) is 4.53. The molecule has 34 heavy (non-hydrogen) atoms. The Morgan fingerprint density at radius 1 is 0.971 bits per heavy atom. The smallest absolute Gasteiger partial charge is 0.232 e. The van der Waals surface area contributed by atoms with E-state index in [2.05, 4.69) is 9.97 Å². The molecule has 0 aliphatic rings. The number of nitrogens with zero attached hydrogens (tertiary/aromatic N) is 2. The third kappa shape index (κ3) is 4.62. The highest BCUT2D eigenvalue weighted by Crippen LogP contribution is 2.28. The average molecular weight is 485 g/mol. The molecule has 0 saturated carbocycles. The first kappa shape index (κ1) is 23.4. The van der Waals surface area contributed by atoms with Crippen molar-refractivity contribution < 1.29 is 26.4 Å². The second-order valence-electron chi connectivity index (χ2n) is 7.48. The van der Waals surface area contributed by atoms with Crippen molar-refractivity contribution in [3.8, 4) is 11.3 Å². The number of carbonyl (C=O) groups excluding carboxylic acids is 1. The number of hydrogen-bond acceptors (Lipinski definition) is 5. The number of aromatic nitrogens is 2. The lowest BCUT2D eigenvalue weighted by Crippen LogP contribution is -2.19. The van der Waals surface area contributed by atoms with Crippen molar-refractivity contribution in [3.63, 3.8) is 0 Å². The second kappa shape index (κ2) is 9.22. The number of nitrogens with one attached hydrogen (secondary N) is 1. The van der Waals surface area contributed by atoms with E-state index in [1.165, 1.54) is 18.2 Å². The number of fused-ring (bicyclic) bond motifs is 1. The van der Waals surface area contributed by atoms with Crippen LogP contribution in [0.15, 0.2) is 60.8 Å². The highest BCUT2D eigenvalue weighted by atomic mass is 32.2. The van der Waals surface area contributed by atoms with E-state index >= 15 is 4.39 Å². The highest BCUT2D eigenvalue weighted by Gasteiger charge is 2.27. The van der Waals surface area contributed by atoms with Crippen molar-refractivity contribution >= 4 is 32.5 Å². The molecule has 0 aliphatic carbocycles. The molecule has 0 atom stereocenters. The largest absolute Gasteiger partial charge is 0.288 e. The van der Waals surface area contributed by atoms with E-state index < -0.39 is 44.5 Å². The number of sulfonamides is 1. The van der Waals surface area contributed by atoms with Crippen LogP contribution in [0.25, 0.3) is 22.3 Å². The first-order valence-corrected chi connectivity index (χ1v) is 11.9. The van der Waals surface area contributed by atoms with Crippen molar-refractivity contribution in [2.45, 2.75) is 13.3 Å². The minimum atomic E-state index is -4.01. The third-order valence-corrected chi connectivity index (χ3v) is 6.47. The molecule has 0 spiro atoms. The molecule has 0 amide bonds. The lowest BCUT2D eigenvalue weighted by molar-refractivity contribution is 0.103. The molecule has 1 heterocycles. The summed E-state index contributed by atoms with van der Waals surface area (Å²) >= 11 is 0. The number of benzene rings is 3. The Bertz CT molecular complexity index is 1510. The van der Waals surface area contributed by atoms with E-state index in [1.807, 2.05) is 35.1 Å². The van der Waals surface area contributed by atoms with E-state index in [0.717, 1.165) is 5.56 Å². The van der Waals surface area contributed by atoms with Crippen molar-refractivity contribution in [2.75, 3.05) is 10.5 Å². The van der Waals surface area contributed by atoms with Crippen molar-refractivity contribution in [1.82, 2.24) is 9.97 Å². The summed E-state index contributed by atoms with van der Waals surface area (Å²) < 4.78 is 69.6. The van der Waals surface area contributed by atoms with E-state index in [-0.39, 0.29) is 23.3 Å². The average Bonchev–Trinajstić information content (AvgIpc) is 2.82. The van der Waals surface area contributed by atoms with Gasteiger partial charge in [-0.25, -0.2) is 26.6 Å². The van der Waals surface area contributed by atoms with Gasteiger partial charge in [-0.15, -0.1) is 0 Å². The second-order valence-corrected chi connectivity index (χ2v) is 9.33. The maximum atomic E-state index is 15.0. The van der Waals surface area contributed by atoms with Crippen LogP contribution in [-0.4, -0.2) is 29.9 Å². The van der Waals surface area contributed by atoms with Crippen molar-refractivity contribution in [2.24, 2.45) is 0 Å². The molecule has 174 valence electrons. The van der Waals surface area contributed by atoms with Crippen LogP contribution in [0.5, 0.6) is 0 Å². The first-order valence-electron chi connectivity index (χ1n) is 10.2. The van der Waals surface area contributed by atoms with Crippen LogP contribution in [0.3, 0.4) is 0 Å². The molecule has 3 aromatic carbocycles. The van der Waals surface area contributed by atoms with Crippen LogP contribution in [0.1, 0.15) is 29.3 Å². The Hall–Kier alpha value is -3.79. The first-order chi connectivity index (χ1) is 16.2. The van der Waals surface area contributed by atoms with Crippen LogP contribution in [0.4, 0.5) is 18.9 Å². The number of carbonyl (C=O) groups is 1. The Labute approximate surface area is 193 Å². The van der Waals surface area contributed by atoms with Gasteiger partial charge in [0.05, 0.1) is 39.9 Å². The Balaban J connectivity index is 1.78. The summed E-state index contributed by atoms with van der Waals surface area (Å²) in [5.41, 5.74) is -0.202. The van der Waals surface area contributed by atoms with Crippen molar-refractivity contribution in [3.05, 3.63) is 89.4 Å². The van der Waals surface area contributed by atoms with E-state index in [4.69, 9.17) is 0 Å². The van der Waals surface area contributed by atoms with Gasteiger partial charge in [-0.3, -0.25) is 14.5 Å². The monoisotopic (exact) mass is 485 g/mol. The van der Waals surface area contributed by atoms with E-state index in [9.17, 15) is 22.0 Å². The molecule has 0 aliphatic heterocycles. The van der Waals surface area contributed by atoms with Crippen LogP contribution in [0.2, 0.25) is 0 Å². The topological polar surface area (TPSA) is 89.0 Å². The maximum absolute atomic E-state index is 15.0. The van der Waals surface area contributed by atoms with Gasteiger partial charge in [0.2, 0.25) is 10.0 Å². The molecule has 10 heteroatoms. The van der Waals surface area contributed by atoms with E-state index in [1.54, 1.807) is 13.1 Å². The van der Waals surface area contributed by atoms with Crippen molar-refractivity contribution in [1.29, 1.82) is 0 Å². The number of hydrogen-bond donors (Lipinski definition) is 1. The van der Waals surface area contributed by atoms with Gasteiger partial charge in [0.25, 0.3) is 0 Å². The Morgan fingerprint density at radius 3 is 2.41 bits per heavy atom. The molecule has 0 unspecified atom stereocenters. The maximum Gasteiger partial charge on any atom is 0.232 e. The molecule has 1 aromatic heterocycles. The minimum Gasteiger partial charge on any atom is -0.288 e. The van der Waals surface area contributed by atoms with Crippen LogP contribution in [0, 0.1) is 17.5 Å². The molecule has 4 aromatic rings. The van der Waals surface area contributed by atoms with Crippen LogP contribution >= 0.6 is 0 Å². The molecule has 4 rings (SSSR count). The Morgan fingerprint density at radius 2 is 1.71 bits per heavy atom. The number of rotatable bonds is 7. The van der Waals surface area contributed by atoms with Gasteiger partial charge in [0, 0.05) is 17.2 Å². The van der Waals surface area contributed by atoms with Gasteiger partial charge in [0.1, 0.15) is 0 Å². The zero-order valence-electron chi connectivity index (χ0n) is 17.8. The predicted molar refractivity (Wildman–Crippen MR) is 122 cm³/mol. The summed E-state index contributed by atoms with van der Waals surface area (Å²) in [6.07, 6.45) is 1.77. The lowest BCUT2D eigenvalue weighted by atomic mass is 10.0. The van der Waals surface area contributed by atoms with Crippen LogP contribution < -0.4 is 4.72 Å². The van der Waals surface area contributed by atoms with Gasteiger partial charge in [-0.2, -0.15) is 0 Å². The molecule has 0 saturated heterocycles. The predicted octanol–water partition coefficient (Wildman–Crippen LogP) is 5.10. The standard InChI is InChI=1S/C24H18F3N3O3S/c1-2-10-34(32,33)30-19-12-16(25)22(26)21(23(19)27)24(31)15-8-9-17-18(11-15)29-20(13-28-17)14-6-4-3-5-7-14/h3-9,11-13,30H,2,10H2,1H3. The summed E-state index contributed by atoms with van der Waals surface area (Å²) in [4.78, 5) is 21.8. The fourth-order valence-electron chi connectivity index (χ4n) is 3.41. The molecule has 6 nitrogen and oxygen atoms in total. The van der Waals surface area contributed by atoms with Gasteiger partial charge in [0.15, 0.2) is 23.2 Å². The normalized spacial score (nSPS) is 11.5. The molecular formula is C24H18F3N3O3S. The zero-order chi connectivity index (χ0) is 24.5. The molecule has 1 N–H and O–H groups in total. The zero-order valence-corrected chi connectivity index (χ0v) is 18.7. The number of halogens is 3. The van der Waals surface area contributed by atoms with Gasteiger partial charge >= 0.3 is 0 Å². The number of anilines is 1. The van der Waals surface area contributed by atoms with Gasteiger partial charge in [-0.05, 0) is 24.6 Å². The summed E-state index contributed by atoms with van der Waals surface area (Å²) in [5.74, 6) is -6.31. The summed E-state index contributed by atoms with van der Waals surface area (Å²) in [6, 6.07) is 13.5. The van der Waals surface area contributed by atoms with Gasteiger partial charge in [-0.1, -0.05) is 37.3 Å². The molecule has 0 fully saturated rings. The highest BCUT2D eigenvalue weighted by molar-refractivity contribution is 7.92. The summed E-state index contributed by atoms with van der Waals surface area (Å²) in [6.45, 7) is 1.58. The molecular weight excluding hydrogens is 467 g/mol. The number of ketones is 1.